The number of carbonyl (C=O) groups is 17. The standard InChI is InChI=1S/C87H122N16O25/c1-13-57-58-26-18-19-28-63(58)92-80-59(57)44-103-66(80)42-61-60(83(103)119)54-127-86(122)87(61,14-2)128-85(121)79(55(3)4)93-82(118)65-29-23-35-102(65)84(120)64(43-77(114)115)91-68(105)32-36-123-38-40-125-41-39-124-37-34-90-81(117)62(88)27-20-21-33-89-67(104)30-22-31-69(106)94(5)45-70(107)95(6)46-71(108)96(7)47-72(109)97(8)48-73(110)98(9)49-74(111)99(10)50-75(112)100(11)51-76(113)101(12)52-78(116)126-53-56-24-16-15-17-25-56/h15-19,24-26,28,42,55,62,64-65,79H,13-14,20-23,27,29-41,43-54,88H2,1-12H3,(H,89,104)(H,90,117)(H,91,105)(H,93,118)(H,114,115)/t62-,64-,65-,79-,87-/m0/s1. The van der Waals surface area contributed by atoms with Gasteiger partial charge in [-0.2, -0.15) is 0 Å². The number of carboxylic acids is 1. The van der Waals surface area contributed by atoms with Crippen LogP contribution in [-0.4, -0.2) is 352 Å². The van der Waals surface area contributed by atoms with Crippen LogP contribution in [0.25, 0.3) is 22.3 Å². The highest BCUT2D eigenvalue weighted by Gasteiger charge is 2.52. The third kappa shape index (κ3) is 29.3. The van der Waals surface area contributed by atoms with Crippen LogP contribution < -0.4 is 32.6 Å². The maximum atomic E-state index is 14.5. The Morgan fingerprint density at radius 1 is 0.602 bits per heavy atom. The zero-order valence-electron chi connectivity index (χ0n) is 75.0. The van der Waals surface area contributed by atoms with Gasteiger partial charge in [0.05, 0.1) is 127 Å². The van der Waals surface area contributed by atoms with Crippen molar-refractivity contribution in [2.75, 3.05) is 168 Å². The van der Waals surface area contributed by atoms with Gasteiger partial charge in [-0.05, 0) is 80.5 Å². The van der Waals surface area contributed by atoms with Crippen LogP contribution in [0.15, 0.2) is 65.5 Å². The van der Waals surface area contributed by atoms with E-state index in [1.165, 1.54) is 56.4 Å². The Kier molecular flexibility index (Phi) is 39.8. The van der Waals surface area contributed by atoms with E-state index < -0.39 is 182 Å². The van der Waals surface area contributed by atoms with E-state index in [4.69, 9.17) is 39.1 Å². The molecule has 7 N–H and O–H groups in total. The van der Waals surface area contributed by atoms with Crippen molar-refractivity contribution in [1.29, 1.82) is 0 Å². The van der Waals surface area contributed by atoms with Crippen LogP contribution in [0, 0.1) is 5.92 Å². The van der Waals surface area contributed by atoms with E-state index in [9.17, 15) is 91.4 Å². The molecule has 3 aliphatic heterocycles. The number of para-hydroxylation sites is 1. The largest absolute Gasteiger partial charge is 0.481 e. The van der Waals surface area contributed by atoms with E-state index in [0.717, 1.165) is 71.7 Å². The summed E-state index contributed by atoms with van der Waals surface area (Å²) in [5.41, 5.74) is 8.27. The average Bonchev–Trinajstić information content (AvgIpc) is 1.65. The number of esters is 3. The van der Waals surface area contributed by atoms with Gasteiger partial charge in [0.1, 0.15) is 37.9 Å². The van der Waals surface area contributed by atoms with Crippen molar-refractivity contribution < 1.29 is 115 Å². The van der Waals surface area contributed by atoms with Crippen LogP contribution in [0.4, 0.5) is 0 Å². The first-order valence-electron chi connectivity index (χ1n) is 42.7. The number of likely N-dealkylation sites (tertiary alicyclic amines) is 1. The maximum absolute atomic E-state index is 14.5. The molecule has 0 spiro atoms. The van der Waals surface area contributed by atoms with Gasteiger partial charge in [0, 0.05) is 112 Å². The fourth-order valence-electron chi connectivity index (χ4n) is 14.4. The van der Waals surface area contributed by atoms with Gasteiger partial charge in [0.2, 0.25) is 82.4 Å². The summed E-state index contributed by atoms with van der Waals surface area (Å²) < 4.78 is 35.1. The Balaban J connectivity index is 0.683. The van der Waals surface area contributed by atoms with Crippen molar-refractivity contribution in [3.8, 4) is 11.4 Å². The van der Waals surface area contributed by atoms with Gasteiger partial charge in [0.25, 0.3) is 5.56 Å². The lowest BCUT2D eigenvalue weighted by molar-refractivity contribution is -0.191. The lowest BCUT2D eigenvalue weighted by Crippen LogP contribution is -2.57. The molecule has 0 unspecified atom stereocenters. The molecule has 5 heterocycles. The number of rotatable bonds is 51. The van der Waals surface area contributed by atoms with Gasteiger partial charge < -0.3 is 109 Å². The minimum Gasteiger partial charge on any atom is -0.481 e. The van der Waals surface area contributed by atoms with Crippen molar-refractivity contribution in [1.82, 2.24) is 74.9 Å². The van der Waals surface area contributed by atoms with E-state index in [1.807, 2.05) is 37.3 Å². The topological polar surface area (TPSA) is 504 Å². The lowest BCUT2D eigenvalue weighted by atomic mass is 9.85. The summed E-state index contributed by atoms with van der Waals surface area (Å²) in [6.45, 7) is 4.43. The number of aliphatic carboxylic acids is 1. The van der Waals surface area contributed by atoms with Crippen molar-refractivity contribution in [3.63, 3.8) is 0 Å². The number of cyclic esters (lactones) is 1. The molecule has 4 aromatic rings. The summed E-state index contributed by atoms with van der Waals surface area (Å²) in [5, 5.41) is 21.4. The molecule has 7 rings (SSSR count). The molecule has 13 amide bonds. The fraction of sp³-hybridized carbons (Fsp3) is 0.575. The number of unbranched alkanes of at least 4 members (excludes halogenated alkanes) is 1. The van der Waals surface area contributed by atoms with E-state index in [1.54, 1.807) is 55.7 Å². The Hall–Kier alpha value is -12.4. The zero-order valence-corrected chi connectivity index (χ0v) is 75.0. The second-order valence-corrected chi connectivity index (χ2v) is 32.2. The van der Waals surface area contributed by atoms with Gasteiger partial charge >= 0.3 is 23.9 Å². The summed E-state index contributed by atoms with van der Waals surface area (Å²) in [4.78, 5) is 252. The van der Waals surface area contributed by atoms with Gasteiger partial charge in [-0.15, -0.1) is 0 Å². The smallest absolute Gasteiger partial charge is 0.355 e. The lowest BCUT2D eigenvalue weighted by Gasteiger charge is -2.37. The number of carbonyl (C=O) groups excluding carboxylic acids is 16. The summed E-state index contributed by atoms with van der Waals surface area (Å²) in [7, 11) is 10.8. The minimum atomic E-state index is -2.09. The number of likely N-dealkylation sites (N-methyl/N-ethyl adjacent to an activating group) is 8. The first-order valence-corrected chi connectivity index (χ1v) is 42.7. The summed E-state index contributed by atoms with van der Waals surface area (Å²) >= 11 is 0. The van der Waals surface area contributed by atoms with Crippen LogP contribution in [0.1, 0.15) is 126 Å². The summed E-state index contributed by atoms with van der Waals surface area (Å²) in [6.07, 6.45) is 1.43. The van der Waals surface area contributed by atoms with Crippen molar-refractivity contribution >= 4 is 112 Å². The van der Waals surface area contributed by atoms with Crippen molar-refractivity contribution in [2.45, 2.75) is 154 Å². The highest BCUT2D eigenvalue weighted by atomic mass is 16.6. The highest BCUT2D eigenvalue weighted by molar-refractivity contribution is 5.98. The summed E-state index contributed by atoms with van der Waals surface area (Å²) in [5.74, 6) is -12.3. The maximum Gasteiger partial charge on any atom is 0.355 e. The van der Waals surface area contributed by atoms with E-state index >= 15 is 0 Å². The molecular formula is C87H122N16O25. The second kappa shape index (κ2) is 49.7. The van der Waals surface area contributed by atoms with Gasteiger partial charge in [0.15, 0.2) is 0 Å². The van der Waals surface area contributed by atoms with Gasteiger partial charge in [-0.1, -0.05) is 76.2 Å². The molecule has 0 aliphatic carbocycles. The quantitative estimate of drug-likeness (QED) is 0.0155. The number of nitrogens with two attached hydrogens (primary N) is 1. The molecule has 1 saturated heterocycles. The number of amides is 13. The molecule has 0 radical (unpaired) electrons. The second-order valence-electron chi connectivity index (χ2n) is 32.2. The molecule has 2 aromatic heterocycles. The average molecular weight is 1790 g/mol. The number of aryl methyl sites for hydroxylation is 1. The van der Waals surface area contributed by atoms with Gasteiger partial charge in [-0.25, -0.2) is 14.6 Å². The number of ether oxygens (including phenoxy) is 6. The SMILES string of the molecule is CCc1c2c(nc3ccccc13)-c1cc3c(c(=O)n1C2)COC(=O)[C@@]3(CC)OC(=O)[C@@H](NC(=O)[C@@H]1CCCN1C(=O)[C@H](CC(=O)O)NC(=O)CCOCCOCCOCCNC(=O)[C@@H](N)CCCCNC(=O)CCCC(=O)N(C)CC(=O)N(C)CC(=O)N(C)CC(=O)N(C)CC(=O)N(C)CC(=O)N(C)CC(=O)N(C)CC(=O)N(C)CC(=O)OCc1ccccc1)C(C)C. The van der Waals surface area contributed by atoms with Crippen LogP contribution >= 0.6 is 0 Å². The van der Waals surface area contributed by atoms with Crippen molar-refractivity contribution in [2.24, 2.45) is 11.7 Å². The van der Waals surface area contributed by atoms with E-state index in [-0.39, 0.29) is 141 Å². The normalized spacial score (nSPS) is 14.8. The molecule has 0 saturated carbocycles. The predicted molar refractivity (Wildman–Crippen MR) is 460 cm³/mol. The number of nitrogens with zero attached hydrogens (tertiary/aromatic N) is 11. The number of aromatic nitrogens is 2. The third-order valence-corrected chi connectivity index (χ3v) is 22.2. The first-order chi connectivity index (χ1) is 60.8. The van der Waals surface area contributed by atoms with Gasteiger partial charge in [-0.3, -0.25) is 76.7 Å². The van der Waals surface area contributed by atoms with Crippen molar-refractivity contribution in [3.05, 3.63) is 98.8 Å². The number of hydrogen-bond donors (Lipinski definition) is 6. The molecule has 41 heteroatoms. The highest BCUT2D eigenvalue weighted by Crippen LogP contribution is 2.43. The Morgan fingerprint density at radius 2 is 1.13 bits per heavy atom. The molecule has 5 atom stereocenters. The monoisotopic (exact) mass is 1790 g/mol. The molecule has 3 aliphatic rings. The molecular weight excluding hydrogens is 1670 g/mol. The van der Waals surface area contributed by atoms with Crippen LogP contribution in [0.5, 0.6) is 0 Å². The Labute approximate surface area is 742 Å². The third-order valence-electron chi connectivity index (χ3n) is 22.2. The van der Waals surface area contributed by atoms with Crippen LogP contribution in [0.2, 0.25) is 0 Å². The first kappa shape index (κ1) is 103. The number of benzene rings is 2. The molecule has 700 valence electrons. The van der Waals surface area contributed by atoms with E-state index in [2.05, 4.69) is 21.3 Å². The van der Waals surface area contributed by atoms with Crippen LogP contribution in [0.3, 0.4) is 0 Å². The number of fused-ring (bicyclic) bond motifs is 5. The summed E-state index contributed by atoms with van der Waals surface area (Å²) in [6, 6.07) is 13.3. The Bertz CT molecular complexity index is 4740. The Morgan fingerprint density at radius 3 is 1.68 bits per heavy atom. The van der Waals surface area contributed by atoms with E-state index in [0.29, 0.717) is 50.0 Å². The molecule has 0 bridgehead atoms. The predicted octanol–water partition coefficient (Wildman–Crippen LogP) is -0.965. The zero-order chi connectivity index (χ0) is 94.2. The molecule has 2 aromatic carbocycles. The van der Waals surface area contributed by atoms with Crippen LogP contribution in [-0.2, 0) is 142 Å². The molecule has 41 nitrogen and oxygen atoms in total. The fourth-order valence-corrected chi connectivity index (χ4v) is 14.4. The molecule has 1 fully saturated rings. The minimum absolute atomic E-state index is 0.0197. The number of carboxylic acid groups (broad SMARTS) is 1. The number of nitrogens with one attached hydrogen (secondary N) is 4. The number of hydrogen-bond acceptors (Lipinski definition) is 26. The number of pyridine rings is 2. The molecule has 128 heavy (non-hydrogen) atoms.